The van der Waals surface area contributed by atoms with Gasteiger partial charge in [0.1, 0.15) is 0 Å². The van der Waals surface area contributed by atoms with E-state index in [1.54, 1.807) is 6.92 Å². The van der Waals surface area contributed by atoms with Crippen LogP contribution in [0.3, 0.4) is 0 Å². The van der Waals surface area contributed by atoms with Gasteiger partial charge in [-0.05, 0) is 0 Å². The lowest BCUT2D eigenvalue weighted by atomic mass is 10.4. The summed E-state index contributed by atoms with van der Waals surface area (Å²) in [5.74, 6) is 4.85. The number of methoxy groups -OCH3 is 1. The van der Waals surface area contributed by atoms with E-state index in [1.807, 2.05) is 0 Å². The van der Waals surface area contributed by atoms with E-state index in [1.165, 1.54) is 0 Å². The molecule has 0 saturated carbocycles. The maximum Gasteiger partial charge on any atom is 0.364 e. The number of hydrogen-bond donors (Lipinski definition) is 1. The first-order valence-electron chi connectivity index (χ1n) is 3.93. The Balaban J connectivity index is 3.31. The minimum atomic E-state index is -0.843. The third-order valence-corrected chi connectivity index (χ3v) is 1.66. The maximum absolute atomic E-state index is 11.4. The van der Waals surface area contributed by atoms with Gasteiger partial charge in [-0.25, -0.2) is 9.47 Å². The number of carbonyl (C=O) groups is 1. The lowest BCUT2D eigenvalue weighted by Crippen LogP contribution is -2.36. The fraction of sp³-hybridized carbons (Fsp3) is 0.429. The molecule has 1 aromatic heterocycles. The van der Waals surface area contributed by atoms with Gasteiger partial charge in [-0.3, -0.25) is 4.79 Å². The summed E-state index contributed by atoms with van der Waals surface area (Å²) in [4.78, 5) is 22.4. The quantitative estimate of drug-likeness (QED) is 0.468. The first-order valence-corrected chi connectivity index (χ1v) is 3.93. The van der Waals surface area contributed by atoms with Gasteiger partial charge in [0, 0.05) is 6.42 Å². The zero-order valence-corrected chi connectivity index (χ0v) is 7.85. The molecule has 0 radical (unpaired) electrons. The second kappa shape index (κ2) is 3.86. The van der Waals surface area contributed by atoms with Gasteiger partial charge in [0.25, 0.3) is 0 Å². The lowest BCUT2D eigenvalue weighted by molar-refractivity contribution is 0.0589. The Bertz CT molecular complexity index is 412. The number of nitrogens with two attached hydrogens (primary N) is 1. The van der Waals surface area contributed by atoms with E-state index in [-0.39, 0.29) is 0 Å². The molecule has 1 rings (SSSR count). The fourth-order valence-corrected chi connectivity index (χ4v) is 0.896. The fourth-order valence-electron chi connectivity index (χ4n) is 0.896. The van der Waals surface area contributed by atoms with Gasteiger partial charge in [0.2, 0.25) is 5.69 Å². The monoisotopic (exact) mass is 198 g/mol. The van der Waals surface area contributed by atoms with E-state index in [4.69, 9.17) is 5.84 Å². The number of hydrogen-bond acceptors (Lipinski definition) is 6. The van der Waals surface area contributed by atoms with Crippen LogP contribution in [0.2, 0.25) is 0 Å². The number of ether oxygens (including phenoxy) is 1. The van der Waals surface area contributed by atoms with Gasteiger partial charge in [-0.1, -0.05) is 6.92 Å². The van der Waals surface area contributed by atoms with Crippen LogP contribution in [0.5, 0.6) is 0 Å². The SMILES string of the molecule is CCc1nnc(C(=O)OC)c(=O)n1N. The van der Waals surface area contributed by atoms with Crippen molar-refractivity contribution in [3.63, 3.8) is 0 Å². The molecule has 0 bridgehead atoms. The van der Waals surface area contributed by atoms with Crippen LogP contribution in [0.1, 0.15) is 23.2 Å². The second-order valence-corrected chi connectivity index (χ2v) is 2.49. The molecule has 76 valence electrons. The molecule has 0 aromatic carbocycles. The maximum atomic E-state index is 11.4. The van der Waals surface area contributed by atoms with Crippen LogP contribution in [0, 0.1) is 0 Å². The molecule has 1 aromatic rings. The predicted molar refractivity (Wildman–Crippen MR) is 47.2 cm³/mol. The minimum absolute atomic E-state index is 0.308. The third-order valence-electron chi connectivity index (χ3n) is 1.66. The normalized spacial score (nSPS) is 9.86. The van der Waals surface area contributed by atoms with Crippen molar-refractivity contribution in [1.29, 1.82) is 0 Å². The Morgan fingerprint density at radius 3 is 2.71 bits per heavy atom. The topological polar surface area (TPSA) is 100 Å². The molecule has 0 spiro atoms. The van der Waals surface area contributed by atoms with Crippen molar-refractivity contribution in [3.8, 4) is 0 Å². The van der Waals surface area contributed by atoms with Crippen LogP contribution < -0.4 is 11.4 Å². The minimum Gasteiger partial charge on any atom is -0.464 e. The highest BCUT2D eigenvalue weighted by Gasteiger charge is 2.16. The first-order chi connectivity index (χ1) is 6.61. The summed E-state index contributed by atoms with van der Waals surface area (Å²) in [6, 6.07) is 0. The Morgan fingerprint density at radius 2 is 2.21 bits per heavy atom. The van der Waals surface area contributed by atoms with Gasteiger partial charge in [0.15, 0.2) is 5.82 Å². The van der Waals surface area contributed by atoms with Crippen LogP contribution in [-0.2, 0) is 11.2 Å². The number of aromatic nitrogens is 3. The van der Waals surface area contributed by atoms with Gasteiger partial charge in [-0.15, -0.1) is 10.2 Å². The molecule has 14 heavy (non-hydrogen) atoms. The van der Waals surface area contributed by atoms with E-state index in [0.717, 1.165) is 11.8 Å². The molecule has 0 saturated heterocycles. The molecule has 1 heterocycles. The van der Waals surface area contributed by atoms with Crippen LogP contribution in [0.25, 0.3) is 0 Å². The van der Waals surface area contributed by atoms with E-state index in [9.17, 15) is 9.59 Å². The zero-order chi connectivity index (χ0) is 10.7. The van der Waals surface area contributed by atoms with E-state index in [2.05, 4.69) is 14.9 Å². The average Bonchev–Trinajstić information content (AvgIpc) is 2.21. The standard InChI is InChI=1S/C7H10N4O3/c1-3-4-9-10-5(7(13)14-2)6(12)11(4)8/h3,8H2,1-2H3. The number of aryl methyl sites for hydroxylation is 1. The highest BCUT2D eigenvalue weighted by atomic mass is 16.5. The summed E-state index contributed by atoms with van der Waals surface area (Å²) in [5, 5.41) is 7.06. The summed E-state index contributed by atoms with van der Waals surface area (Å²) in [6.45, 7) is 1.77. The Morgan fingerprint density at radius 1 is 1.57 bits per heavy atom. The van der Waals surface area contributed by atoms with Crippen molar-refractivity contribution in [1.82, 2.24) is 14.9 Å². The lowest BCUT2D eigenvalue weighted by Gasteiger charge is -2.04. The van der Waals surface area contributed by atoms with Crippen LogP contribution in [0.15, 0.2) is 4.79 Å². The molecule has 0 aliphatic carbocycles. The number of nitrogen functional groups attached to an aromatic ring is 1. The summed E-state index contributed by atoms with van der Waals surface area (Å²) in [6.07, 6.45) is 0.459. The Hall–Kier alpha value is -1.92. The van der Waals surface area contributed by atoms with Crippen molar-refractivity contribution in [3.05, 3.63) is 21.9 Å². The largest absolute Gasteiger partial charge is 0.464 e. The van der Waals surface area contributed by atoms with E-state index >= 15 is 0 Å². The van der Waals surface area contributed by atoms with Crippen LogP contribution in [-0.4, -0.2) is 28.0 Å². The van der Waals surface area contributed by atoms with Crippen molar-refractivity contribution in [2.24, 2.45) is 0 Å². The Kier molecular flexibility index (Phi) is 2.80. The number of esters is 1. The molecule has 0 fully saturated rings. The first kappa shape index (κ1) is 10.2. The molecule has 0 unspecified atom stereocenters. The Labute approximate surface area is 79.5 Å². The van der Waals surface area contributed by atoms with E-state index in [0.29, 0.717) is 12.2 Å². The third kappa shape index (κ3) is 1.56. The molecule has 7 heteroatoms. The van der Waals surface area contributed by atoms with Crippen molar-refractivity contribution in [2.45, 2.75) is 13.3 Å². The molecule has 0 aliphatic rings. The summed E-state index contributed by atoms with van der Waals surface area (Å²) in [7, 11) is 1.15. The molecule has 7 nitrogen and oxygen atoms in total. The molecular weight excluding hydrogens is 188 g/mol. The number of nitrogens with zero attached hydrogens (tertiary/aromatic N) is 3. The molecule has 2 N–H and O–H groups in total. The zero-order valence-electron chi connectivity index (χ0n) is 7.85. The molecule has 0 aliphatic heterocycles. The van der Waals surface area contributed by atoms with Gasteiger partial charge >= 0.3 is 11.5 Å². The van der Waals surface area contributed by atoms with E-state index < -0.39 is 17.2 Å². The molecule has 0 atom stereocenters. The average molecular weight is 198 g/mol. The summed E-state index contributed by atoms with van der Waals surface area (Å²) in [5.41, 5.74) is -1.11. The van der Waals surface area contributed by atoms with Crippen LogP contribution >= 0.6 is 0 Å². The van der Waals surface area contributed by atoms with Gasteiger partial charge in [-0.2, -0.15) is 0 Å². The van der Waals surface area contributed by atoms with Crippen molar-refractivity contribution >= 4 is 5.97 Å². The van der Waals surface area contributed by atoms with Crippen LogP contribution in [0.4, 0.5) is 0 Å². The number of rotatable bonds is 2. The summed E-state index contributed by atoms with van der Waals surface area (Å²) < 4.78 is 5.13. The number of carbonyl (C=O) groups excluding carboxylic acids is 1. The van der Waals surface area contributed by atoms with Gasteiger partial charge < -0.3 is 10.6 Å². The molecule has 0 amide bonds. The highest BCUT2D eigenvalue weighted by molar-refractivity contribution is 5.86. The van der Waals surface area contributed by atoms with Gasteiger partial charge in [0.05, 0.1) is 7.11 Å². The van der Waals surface area contributed by atoms with Crippen molar-refractivity contribution < 1.29 is 9.53 Å². The van der Waals surface area contributed by atoms with Crippen molar-refractivity contribution in [2.75, 3.05) is 13.0 Å². The second-order valence-electron chi connectivity index (χ2n) is 2.49. The highest BCUT2D eigenvalue weighted by Crippen LogP contribution is 1.90. The molecular formula is C7H10N4O3. The smallest absolute Gasteiger partial charge is 0.364 e. The summed E-state index contributed by atoms with van der Waals surface area (Å²) >= 11 is 0. The predicted octanol–water partition coefficient (Wildman–Crippen LogP) is -1.30.